The van der Waals surface area contributed by atoms with Gasteiger partial charge in [-0.25, -0.2) is 0 Å². The van der Waals surface area contributed by atoms with Gasteiger partial charge in [0.05, 0.1) is 11.8 Å². The third kappa shape index (κ3) is 2.61. The Hall–Kier alpha value is -1.64. The van der Waals surface area contributed by atoms with Crippen LogP contribution in [0.4, 0.5) is 0 Å². The van der Waals surface area contributed by atoms with Crippen LogP contribution in [0.1, 0.15) is 38.2 Å². The van der Waals surface area contributed by atoms with Gasteiger partial charge < -0.3 is 4.74 Å². The van der Waals surface area contributed by atoms with Crippen LogP contribution in [0.25, 0.3) is 0 Å². The summed E-state index contributed by atoms with van der Waals surface area (Å²) >= 11 is 0. The van der Waals surface area contributed by atoms with Gasteiger partial charge in [-0.2, -0.15) is 0 Å². The fourth-order valence-corrected chi connectivity index (χ4v) is 2.38. The van der Waals surface area contributed by atoms with Gasteiger partial charge >= 0.3 is 11.9 Å². The van der Waals surface area contributed by atoms with Crippen LogP contribution in [-0.4, -0.2) is 11.9 Å². The molecular weight excluding hydrogens is 228 g/mol. The third-order valence-electron chi connectivity index (χ3n) is 3.76. The molecule has 0 spiro atoms. The lowest BCUT2D eigenvalue weighted by atomic mass is 9.87. The van der Waals surface area contributed by atoms with Gasteiger partial charge in [-0.1, -0.05) is 44.2 Å². The van der Waals surface area contributed by atoms with E-state index in [9.17, 15) is 9.59 Å². The number of esters is 2. The van der Waals surface area contributed by atoms with E-state index in [2.05, 4.69) is 23.8 Å². The molecule has 1 aliphatic heterocycles. The van der Waals surface area contributed by atoms with Gasteiger partial charge in [0.15, 0.2) is 0 Å². The van der Waals surface area contributed by atoms with Crippen molar-refractivity contribution in [3.05, 3.63) is 35.9 Å². The monoisotopic (exact) mass is 246 g/mol. The zero-order valence-corrected chi connectivity index (χ0v) is 10.8. The molecule has 1 aliphatic rings. The molecule has 3 atom stereocenters. The number of ether oxygens (including phenoxy) is 1. The summed E-state index contributed by atoms with van der Waals surface area (Å²) in [6, 6.07) is 10.2. The van der Waals surface area contributed by atoms with Crippen LogP contribution in [0.2, 0.25) is 0 Å². The first kappa shape index (κ1) is 12.8. The lowest BCUT2D eigenvalue weighted by Gasteiger charge is -2.14. The molecule has 2 rings (SSSR count). The number of benzene rings is 1. The highest BCUT2D eigenvalue weighted by molar-refractivity contribution is 5.96. The lowest BCUT2D eigenvalue weighted by molar-refractivity contribution is -0.153. The van der Waals surface area contributed by atoms with Gasteiger partial charge in [-0.15, -0.1) is 0 Å². The number of hydrogen-bond donors (Lipinski definition) is 0. The average molecular weight is 246 g/mol. The van der Waals surface area contributed by atoms with Crippen LogP contribution < -0.4 is 0 Å². The SMILES string of the molecule is CC(CCC1C(=O)OC(=O)C1C)c1ccccc1. The molecule has 0 bridgehead atoms. The molecule has 3 heteroatoms. The normalized spacial score (nSPS) is 25.0. The zero-order valence-electron chi connectivity index (χ0n) is 10.8. The number of cyclic esters (lactones) is 2. The Balaban J connectivity index is 1.92. The molecule has 3 unspecified atom stereocenters. The van der Waals surface area contributed by atoms with E-state index >= 15 is 0 Å². The van der Waals surface area contributed by atoms with Crippen LogP contribution in [-0.2, 0) is 14.3 Å². The van der Waals surface area contributed by atoms with Crippen LogP contribution >= 0.6 is 0 Å². The molecule has 0 amide bonds. The second-order valence-electron chi connectivity index (χ2n) is 5.02. The second kappa shape index (κ2) is 5.34. The van der Waals surface area contributed by atoms with Gasteiger partial charge in [-0.05, 0) is 24.3 Å². The minimum absolute atomic E-state index is 0.260. The summed E-state index contributed by atoms with van der Waals surface area (Å²) in [7, 11) is 0. The van der Waals surface area contributed by atoms with E-state index in [0.717, 1.165) is 6.42 Å². The Morgan fingerprint density at radius 3 is 2.39 bits per heavy atom. The van der Waals surface area contributed by atoms with Crippen LogP contribution in [0.3, 0.4) is 0 Å². The standard InChI is InChI=1S/C15H18O3/c1-10(12-6-4-3-5-7-12)8-9-13-11(2)14(16)18-15(13)17/h3-7,10-11,13H,8-9H2,1-2H3. The largest absolute Gasteiger partial charge is 0.393 e. The van der Waals surface area contributed by atoms with Gasteiger partial charge in [0, 0.05) is 0 Å². The summed E-state index contributed by atoms with van der Waals surface area (Å²) in [6.45, 7) is 3.91. The summed E-state index contributed by atoms with van der Waals surface area (Å²) in [5.74, 6) is -0.892. The van der Waals surface area contributed by atoms with Crippen molar-refractivity contribution in [2.24, 2.45) is 11.8 Å². The molecule has 0 aliphatic carbocycles. The molecule has 1 aromatic carbocycles. The van der Waals surface area contributed by atoms with Gasteiger partial charge in [0.2, 0.25) is 0 Å². The van der Waals surface area contributed by atoms with E-state index in [4.69, 9.17) is 0 Å². The molecule has 0 radical (unpaired) electrons. The molecule has 1 heterocycles. The van der Waals surface area contributed by atoms with Crippen molar-refractivity contribution in [1.82, 2.24) is 0 Å². The van der Waals surface area contributed by atoms with E-state index in [0.29, 0.717) is 12.3 Å². The Morgan fingerprint density at radius 2 is 1.83 bits per heavy atom. The van der Waals surface area contributed by atoms with Gasteiger partial charge in [0.25, 0.3) is 0 Å². The first-order valence-corrected chi connectivity index (χ1v) is 6.40. The van der Waals surface area contributed by atoms with Crippen molar-refractivity contribution < 1.29 is 14.3 Å². The molecule has 1 aromatic rings. The summed E-state index contributed by atoms with van der Waals surface area (Å²) in [6.07, 6.45) is 1.60. The van der Waals surface area contributed by atoms with Crippen LogP contribution in [0.15, 0.2) is 30.3 Å². The van der Waals surface area contributed by atoms with Crippen molar-refractivity contribution >= 4 is 11.9 Å². The average Bonchev–Trinajstić information content (AvgIpc) is 2.62. The quantitative estimate of drug-likeness (QED) is 0.606. The molecule has 0 N–H and O–H groups in total. The smallest absolute Gasteiger partial charge is 0.317 e. The summed E-state index contributed by atoms with van der Waals surface area (Å²) in [5, 5.41) is 0. The second-order valence-corrected chi connectivity index (χ2v) is 5.02. The molecule has 3 nitrogen and oxygen atoms in total. The molecule has 0 aromatic heterocycles. The maximum absolute atomic E-state index is 11.5. The Morgan fingerprint density at radius 1 is 1.17 bits per heavy atom. The van der Waals surface area contributed by atoms with Crippen molar-refractivity contribution in [3.8, 4) is 0 Å². The summed E-state index contributed by atoms with van der Waals surface area (Å²) < 4.78 is 4.65. The maximum Gasteiger partial charge on any atom is 0.317 e. The molecular formula is C15H18O3. The van der Waals surface area contributed by atoms with Gasteiger partial charge in [-0.3, -0.25) is 9.59 Å². The molecule has 1 saturated heterocycles. The van der Waals surface area contributed by atoms with Crippen molar-refractivity contribution in [1.29, 1.82) is 0 Å². The predicted octanol–water partition coefficient (Wildman–Crippen LogP) is 2.91. The minimum Gasteiger partial charge on any atom is -0.393 e. The molecule has 96 valence electrons. The van der Waals surface area contributed by atoms with Crippen molar-refractivity contribution in [2.45, 2.75) is 32.6 Å². The first-order valence-electron chi connectivity index (χ1n) is 6.40. The molecule has 0 saturated carbocycles. The number of carbonyl (C=O) groups is 2. The highest BCUT2D eigenvalue weighted by atomic mass is 16.6. The Labute approximate surface area is 107 Å². The van der Waals surface area contributed by atoms with Crippen molar-refractivity contribution in [3.63, 3.8) is 0 Å². The van der Waals surface area contributed by atoms with Gasteiger partial charge in [0.1, 0.15) is 0 Å². The summed E-state index contributed by atoms with van der Waals surface area (Å²) in [4.78, 5) is 22.8. The number of hydrogen-bond acceptors (Lipinski definition) is 3. The Bertz CT molecular complexity index is 438. The van der Waals surface area contributed by atoms with Crippen LogP contribution in [0, 0.1) is 11.8 Å². The molecule has 1 fully saturated rings. The highest BCUT2D eigenvalue weighted by Crippen LogP contribution is 2.31. The zero-order chi connectivity index (χ0) is 13.1. The summed E-state index contributed by atoms with van der Waals surface area (Å²) in [5.41, 5.74) is 1.27. The topological polar surface area (TPSA) is 43.4 Å². The Kier molecular flexibility index (Phi) is 3.80. The van der Waals surface area contributed by atoms with Crippen molar-refractivity contribution in [2.75, 3.05) is 0 Å². The van der Waals surface area contributed by atoms with E-state index in [1.165, 1.54) is 5.56 Å². The van der Waals surface area contributed by atoms with E-state index < -0.39 is 0 Å². The van der Waals surface area contributed by atoms with E-state index in [-0.39, 0.29) is 23.8 Å². The third-order valence-corrected chi connectivity index (χ3v) is 3.76. The number of carbonyl (C=O) groups excluding carboxylic acids is 2. The maximum atomic E-state index is 11.5. The lowest BCUT2D eigenvalue weighted by Crippen LogP contribution is -2.15. The fourth-order valence-electron chi connectivity index (χ4n) is 2.38. The highest BCUT2D eigenvalue weighted by Gasteiger charge is 2.40. The fraction of sp³-hybridized carbons (Fsp3) is 0.467. The predicted molar refractivity (Wildman–Crippen MR) is 67.8 cm³/mol. The molecule has 18 heavy (non-hydrogen) atoms. The van der Waals surface area contributed by atoms with Crippen LogP contribution in [0.5, 0.6) is 0 Å². The van der Waals surface area contributed by atoms with E-state index in [1.54, 1.807) is 6.92 Å². The minimum atomic E-state index is -0.377. The van der Waals surface area contributed by atoms with E-state index in [1.807, 2.05) is 18.2 Å². The first-order chi connectivity index (χ1) is 8.59. The number of rotatable bonds is 4.